The van der Waals surface area contributed by atoms with E-state index in [0.717, 1.165) is 5.56 Å². The Labute approximate surface area is 283 Å². The zero-order valence-electron chi connectivity index (χ0n) is 28.9. The van der Waals surface area contributed by atoms with E-state index in [1.165, 1.54) is 9.58 Å². The highest BCUT2D eigenvalue weighted by Gasteiger charge is 2.32. The predicted molar refractivity (Wildman–Crippen MR) is 179 cm³/mol. The van der Waals surface area contributed by atoms with E-state index in [-0.39, 0.29) is 60.9 Å². The molecule has 2 aliphatic heterocycles. The molecule has 0 saturated carbocycles. The average Bonchev–Trinajstić information content (AvgIpc) is 3.42. The molecule has 1 fully saturated rings. The minimum Gasteiger partial charge on any atom is -0.354 e. The van der Waals surface area contributed by atoms with Crippen LogP contribution < -0.4 is 16.0 Å². The van der Waals surface area contributed by atoms with Crippen LogP contribution in [0, 0.1) is 18.8 Å². The SMILES string of the molecule is Cc1nc2n(n1)CC(=O)NCCCN(C(=O)C1CCN(C(=O)N(C)C)CC1)CCCC(=O)N[C@H](Cc1ccccc1)C(=O)N[C@H]2C(C)C. The second-order valence-electron chi connectivity index (χ2n) is 13.3. The molecule has 0 bridgehead atoms. The lowest BCUT2D eigenvalue weighted by atomic mass is 9.95. The summed E-state index contributed by atoms with van der Waals surface area (Å²) in [4.78, 5) is 75.9. The lowest BCUT2D eigenvalue weighted by molar-refractivity contribution is -0.137. The Hall–Kier alpha value is -4.49. The summed E-state index contributed by atoms with van der Waals surface area (Å²) in [6, 6.07) is 8.03. The Morgan fingerprint density at radius 1 is 0.938 bits per heavy atom. The van der Waals surface area contributed by atoms with Gasteiger partial charge in [-0.2, -0.15) is 5.10 Å². The van der Waals surface area contributed by atoms with Crippen molar-refractivity contribution in [1.82, 2.24) is 45.4 Å². The van der Waals surface area contributed by atoms with Crippen LogP contribution in [0.4, 0.5) is 4.79 Å². The number of aromatic nitrogens is 3. The van der Waals surface area contributed by atoms with Crippen molar-refractivity contribution in [3.8, 4) is 0 Å². The average molecular weight is 666 g/mol. The summed E-state index contributed by atoms with van der Waals surface area (Å²) < 4.78 is 1.52. The van der Waals surface area contributed by atoms with Crippen LogP contribution in [0.2, 0.25) is 0 Å². The lowest BCUT2D eigenvalue weighted by Crippen LogP contribution is -2.50. The topological polar surface area (TPSA) is 162 Å². The van der Waals surface area contributed by atoms with Crippen molar-refractivity contribution >= 4 is 29.7 Å². The number of hydrogen-bond donors (Lipinski definition) is 3. The van der Waals surface area contributed by atoms with Gasteiger partial charge in [0.25, 0.3) is 0 Å². The molecule has 262 valence electrons. The van der Waals surface area contributed by atoms with Gasteiger partial charge in [0.2, 0.25) is 23.6 Å². The van der Waals surface area contributed by atoms with Gasteiger partial charge in [0.1, 0.15) is 18.4 Å². The van der Waals surface area contributed by atoms with Gasteiger partial charge in [-0.15, -0.1) is 0 Å². The first-order valence-corrected chi connectivity index (χ1v) is 17.0. The molecule has 14 nitrogen and oxygen atoms in total. The number of amides is 6. The van der Waals surface area contributed by atoms with E-state index in [1.54, 1.807) is 30.8 Å². The lowest BCUT2D eigenvalue weighted by Gasteiger charge is -2.35. The van der Waals surface area contributed by atoms with E-state index in [1.807, 2.05) is 44.2 Å². The molecule has 3 heterocycles. The van der Waals surface area contributed by atoms with Crippen LogP contribution in [-0.2, 0) is 32.1 Å². The van der Waals surface area contributed by atoms with Crippen LogP contribution in [0.3, 0.4) is 0 Å². The molecule has 0 unspecified atom stereocenters. The highest BCUT2D eigenvalue weighted by atomic mass is 16.2. The van der Waals surface area contributed by atoms with E-state index in [2.05, 4.69) is 26.0 Å². The number of hydrogen-bond acceptors (Lipinski definition) is 7. The number of piperidine rings is 1. The Morgan fingerprint density at radius 2 is 1.62 bits per heavy atom. The summed E-state index contributed by atoms with van der Waals surface area (Å²) >= 11 is 0. The monoisotopic (exact) mass is 665 g/mol. The first-order chi connectivity index (χ1) is 22.9. The Bertz CT molecular complexity index is 1420. The maximum atomic E-state index is 13.8. The molecule has 6 amide bonds. The fraction of sp³-hybridized carbons (Fsp3) is 0.618. The van der Waals surface area contributed by atoms with Crippen LogP contribution in [0.5, 0.6) is 0 Å². The van der Waals surface area contributed by atoms with Crippen molar-refractivity contribution in [2.75, 3.05) is 46.8 Å². The molecule has 3 N–H and O–H groups in total. The maximum absolute atomic E-state index is 13.8. The number of rotatable bonds is 4. The Morgan fingerprint density at radius 3 is 2.29 bits per heavy atom. The van der Waals surface area contributed by atoms with Crippen LogP contribution >= 0.6 is 0 Å². The second kappa shape index (κ2) is 17.1. The van der Waals surface area contributed by atoms with E-state index >= 15 is 0 Å². The second-order valence-corrected chi connectivity index (χ2v) is 13.3. The van der Waals surface area contributed by atoms with Crippen molar-refractivity contribution in [3.05, 3.63) is 47.5 Å². The summed E-state index contributed by atoms with van der Waals surface area (Å²) in [6.07, 6.45) is 2.51. The van der Waals surface area contributed by atoms with Gasteiger partial charge in [-0.3, -0.25) is 19.2 Å². The minimum absolute atomic E-state index is 0.00289. The number of nitrogens with one attached hydrogen (secondary N) is 3. The van der Waals surface area contributed by atoms with Crippen molar-refractivity contribution in [3.63, 3.8) is 0 Å². The van der Waals surface area contributed by atoms with E-state index in [4.69, 9.17) is 0 Å². The third kappa shape index (κ3) is 10.0. The fourth-order valence-corrected chi connectivity index (χ4v) is 6.24. The van der Waals surface area contributed by atoms with Crippen molar-refractivity contribution in [1.29, 1.82) is 0 Å². The van der Waals surface area contributed by atoms with E-state index in [9.17, 15) is 24.0 Å². The number of carbonyl (C=O) groups is 5. The predicted octanol–water partition coefficient (Wildman–Crippen LogP) is 1.65. The first kappa shape index (κ1) is 36.3. The number of benzene rings is 1. The van der Waals surface area contributed by atoms with Crippen LogP contribution in [0.15, 0.2) is 30.3 Å². The molecule has 4 rings (SSSR count). The van der Waals surface area contributed by atoms with Gasteiger partial charge in [0.05, 0.1) is 6.04 Å². The van der Waals surface area contributed by atoms with E-state index in [0.29, 0.717) is 70.1 Å². The summed E-state index contributed by atoms with van der Waals surface area (Å²) in [5.41, 5.74) is 0.895. The standard InChI is InChI=1S/C34H51N9O5/c1-23(2)30-31-36-24(3)39-43(31)22-29(45)35-16-10-18-41(33(47)26-14-19-42(20-15-26)34(48)40(4)5)17-9-13-28(44)37-27(32(46)38-30)21-25-11-7-6-8-12-25/h6-8,11-12,23,26-27,30H,9-10,13-22H2,1-5H3,(H,35,45)(H,37,44)(H,38,46)/t27-,30+/m1/s1. The van der Waals surface area contributed by atoms with Crippen molar-refractivity contribution in [2.24, 2.45) is 11.8 Å². The van der Waals surface area contributed by atoms with Gasteiger partial charge in [-0.05, 0) is 44.1 Å². The Kier molecular flexibility index (Phi) is 12.9. The fourth-order valence-electron chi connectivity index (χ4n) is 6.24. The summed E-state index contributed by atoms with van der Waals surface area (Å²) in [5.74, 6) is -0.252. The number of aryl methyl sites for hydroxylation is 1. The minimum atomic E-state index is -0.853. The summed E-state index contributed by atoms with van der Waals surface area (Å²) in [7, 11) is 3.43. The number of likely N-dealkylation sites (tertiary alicyclic amines) is 1. The molecule has 1 aromatic heterocycles. The Balaban J connectivity index is 1.53. The zero-order valence-corrected chi connectivity index (χ0v) is 28.9. The molecule has 2 aromatic rings. The third-order valence-corrected chi connectivity index (χ3v) is 8.84. The molecule has 48 heavy (non-hydrogen) atoms. The molecular formula is C34H51N9O5. The number of nitrogens with zero attached hydrogens (tertiary/aromatic N) is 6. The van der Waals surface area contributed by atoms with Crippen LogP contribution in [-0.4, -0.2) is 112 Å². The van der Waals surface area contributed by atoms with Crippen LogP contribution in [0.1, 0.15) is 69.2 Å². The highest BCUT2D eigenvalue weighted by Crippen LogP contribution is 2.23. The number of fused-ring (bicyclic) bond motifs is 1. The normalized spacial score (nSPS) is 21.0. The molecule has 0 radical (unpaired) electrons. The molecule has 2 aliphatic rings. The molecular weight excluding hydrogens is 614 g/mol. The molecule has 1 aromatic carbocycles. The van der Waals surface area contributed by atoms with Crippen LogP contribution in [0.25, 0.3) is 0 Å². The van der Waals surface area contributed by atoms with Crippen molar-refractivity contribution < 1.29 is 24.0 Å². The van der Waals surface area contributed by atoms with Gasteiger partial charge in [-0.25, -0.2) is 14.5 Å². The smallest absolute Gasteiger partial charge is 0.319 e. The van der Waals surface area contributed by atoms with Gasteiger partial charge in [-0.1, -0.05) is 44.2 Å². The summed E-state index contributed by atoms with van der Waals surface area (Å²) in [6.45, 7) is 7.72. The molecule has 14 heteroatoms. The zero-order chi connectivity index (χ0) is 34.8. The maximum Gasteiger partial charge on any atom is 0.319 e. The number of carbonyl (C=O) groups excluding carboxylic acids is 5. The van der Waals surface area contributed by atoms with Gasteiger partial charge < -0.3 is 30.7 Å². The largest absolute Gasteiger partial charge is 0.354 e. The van der Waals surface area contributed by atoms with Gasteiger partial charge in [0, 0.05) is 65.6 Å². The number of urea groups is 1. The third-order valence-electron chi connectivity index (χ3n) is 8.84. The molecule has 0 spiro atoms. The molecule has 1 saturated heterocycles. The van der Waals surface area contributed by atoms with E-state index < -0.39 is 12.1 Å². The summed E-state index contributed by atoms with van der Waals surface area (Å²) in [5, 5.41) is 13.4. The van der Waals surface area contributed by atoms with Crippen molar-refractivity contribution in [2.45, 2.75) is 77.9 Å². The van der Waals surface area contributed by atoms with Gasteiger partial charge >= 0.3 is 6.03 Å². The highest BCUT2D eigenvalue weighted by molar-refractivity contribution is 5.88. The molecule has 2 atom stereocenters. The first-order valence-electron chi connectivity index (χ1n) is 17.0. The van der Waals surface area contributed by atoms with Gasteiger partial charge in [0.15, 0.2) is 5.82 Å². The quantitative estimate of drug-likeness (QED) is 0.448. The molecule has 0 aliphatic carbocycles.